The molecular formula is C13H26N2O. The average molecular weight is 226 g/mol. The Morgan fingerprint density at radius 3 is 2.38 bits per heavy atom. The Kier molecular flexibility index (Phi) is 5.26. The Bertz CT molecular complexity index is 222. The van der Waals surface area contributed by atoms with Gasteiger partial charge in [-0.15, -0.1) is 0 Å². The third-order valence-electron chi connectivity index (χ3n) is 3.78. The molecule has 0 aromatic rings. The second-order valence-electron chi connectivity index (χ2n) is 5.41. The molecule has 1 fully saturated rings. The van der Waals surface area contributed by atoms with Crippen LogP contribution in [0.1, 0.15) is 52.4 Å². The molecule has 1 unspecified atom stereocenters. The van der Waals surface area contributed by atoms with Gasteiger partial charge in [0.25, 0.3) is 0 Å². The second-order valence-corrected chi connectivity index (χ2v) is 5.41. The van der Waals surface area contributed by atoms with Crippen molar-refractivity contribution >= 4 is 5.91 Å². The van der Waals surface area contributed by atoms with Gasteiger partial charge in [0.05, 0.1) is 0 Å². The third kappa shape index (κ3) is 3.78. The lowest BCUT2D eigenvalue weighted by Gasteiger charge is -2.32. The van der Waals surface area contributed by atoms with Crippen LogP contribution < -0.4 is 5.73 Å². The van der Waals surface area contributed by atoms with Gasteiger partial charge in [0, 0.05) is 25.6 Å². The lowest BCUT2D eigenvalue weighted by atomic mass is 9.93. The number of rotatable bonds is 4. The molecule has 0 aliphatic heterocycles. The first-order valence-electron chi connectivity index (χ1n) is 6.53. The van der Waals surface area contributed by atoms with Crippen molar-refractivity contribution in [3.63, 3.8) is 0 Å². The van der Waals surface area contributed by atoms with Crippen LogP contribution in [-0.4, -0.2) is 29.9 Å². The minimum absolute atomic E-state index is 0.00135. The predicted molar refractivity (Wildman–Crippen MR) is 67.1 cm³/mol. The van der Waals surface area contributed by atoms with Crippen molar-refractivity contribution < 1.29 is 4.79 Å². The highest BCUT2D eigenvalue weighted by atomic mass is 16.2. The first kappa shape index (κ1) is 13.5. The van der Waals surface area contributed by atoms with E-state index in [1.165, 1.54) is 32.1 Å². The maximum Gasteiger partial charge on any atom is 0.224 e. The van der Waals surface area contributed by atoms with Gasteiger partial charge in [-0.05, 0) is 18.8 Å². The smallest absolute Gasteiger partial charge is 0.224 e. The predicted octanol–water partition coefficient (Wildman–Crippen LogP) is 2.15. The molecule has 0 spiro atoms. The summed E-state index contributed by atoms with van der Waals surface area (Å²) in [6.07, 6.45) is 6.67. The van der Waals surface area contributed by atoms with E-state index in [0.717, 1.165) is 0 Å². The van der Waals surface area contributed by atoms with Crippen molar-refractivity contribution in [1.29, 1.82) is 0 Å². The molecule has 1 aliphatic carbocycles. The summed E-state index contributed by atoms with van der Waals surface area (Å²) in [5.74, 6) is 0.594. The zero-order valence-corrected chi connectivity index (χ0v) is 10.9. The monoisotopic (exact) mass is 226 g/mol. The summed E-state index contributed by atoms with van der Waals surface area (Å²) in [7, 11) is 1.94. The SMILES string of the molecule is CC(C)C(N)CC(=O)N(C)C1CCCCC1. The van der Waals surface area contributed by atoms with E-state index >= 15 is 0 Å². The normalized spacial score (nSPS) is 19.8. The van der Waals surface area contributed by atoms with Gasteiger partial charge in [-0.2, -0.15) is 0 Å². The number of hydrogen-bond donors (Lipinski definition) is 1. The van der Waals surface area contributed by atoms with Crippen molar-refractivity contribution in [3.05, 3.63) is 0 Å². The molecule has 1 amide bonds. The Labute approximate surface area is 99.4 Å². The zero-order valence-electron chi connectivity index (χ0n) is 10.9. The summed E-state index contributed by atoms with van der Waals surface area (Å²) in [6.45, 7) is 4.14. The Morgan fingerprint density at radius 2 is 1.88 bits per heavy atom. The molecule has 2 N–H and O–H groups in total. The number of carbonyl (C=O) groups is 1. The standard InChI is InChI=1S/C13H26N2O/c1-10(2)12(14)9-13(16)15(3)11-7-5-4-6-8-11/h10-12H,4-9,14H2,1-3H3. The topological polar surface area (TPSA) is 46.3 Å². The van der Waals surface area contributed by atoms with Crippen molar-refractivity contribution in [3.8, 4) is 0 Å². The average Bonchev–Trinajstić information content (AvgIpc) is 2.28. The zero-order chi connectivity index (χ0) is 12.1. The van der Waals surface area contributed by atoms with Gasteiger partial charge in [0.15, 0.2) is 0 Å². The van der Waals surface area contributed by atoms with E-state index in [-0.39, 0.29) is 11.9 Å². The number of carbonyl (C=O) groups excluding carboxylic acids is 1. The van der Waals surface area contributed by atoms with Gasteiger partial charge in [-0.25, -0.2) is 0 Å². The van der Waals surface area contributed by atoms with Gasteiger partial charge >= 0.3 is 0 Å². The molecule has 0 saturated heterocycles. The molecule has 94 valence electrons. The molecule has 0 radical (unpaired) electrons. The minimum Gasteiger partial charge on any atom is -0.343 e. The first-order chi connectivity index (χ1) is 7.52. The fraction of sp³-hybridized carbons (Fsp3) is 0.923. The number of amides is 1. The molecule has 1 rings (SSSR count). The van der Waals surface area contributed by atoms with Crippen LogP contribution in [0.25, 0.3) is 0 Å². The quantitative estimate of drug-likeness (QED) is 0.798. The fourth-order valence-electron chi connectivity index (χ4n) is 2.25. The Morgan fingerprint density at radius 1 is 1.31 bits per heavy atom. The molecule has 16 heavy (non-hydrogen) atoms. The van der Waals surface area contributed by atoms with E-state index in [1.54, 1.807) is 0 Å². The van der Waals surface area contributed by atoms with E-state index < -0.39 is 0 Å². The largest absolute Gasteiger partial charge is 0.343 e. The molecule has 0 heterocycles. The molecule has 0 aromatic carbocycles. The van der Waals surface area contributed by atoms with Gasteiger partial charge in [-0.3, -0.25) is 4.79 Å². The van der Waals surface area contributed by atoms with Crippen LogP contribution in [0.3, 0.4) is 0 Å². The molecule has 3 nitrogen and oxygen atoms in total. The van der Waals surface area contributed by atoms with Gasteiger partial charge in [0.2, 0.25) is 5.91 Å². The van der Waals surface area contributed by atoms with Crippen LogP contribution in [0.2, 0.25) is 0 Å². The molecular weight excluding hydrogens is 200 g/mol. The van der Waals surface area contributed by atoms with E-state index in [9.17, 15) is 4.79 Å². The van der Waals surface area contributed by atoms with Crippen LogP contribution in [-0.2, 0) is 4.79 Å². The number of hydrogen-bond acceptors (Lipinski definition) is 2. The van der Waals surface area contributed by atoms with Crippen molar-refractivity contribution in [2.75, 3.05) is 7.05 Å². The van der Waals surface area contributed by atoms with Crippen LogP contribution in [0.15, 0.2) is 0 Å². The lowest BCUT2D eigenvalue weighted by molar-refractivity contribution is -0.133. The molecule has 1 aliphatic rings. The molecule has 0 bridgehead atoms. The summed E-state index contributed by atoms with van der Waals surface area (Å²) >= 11 is 0. The minimum atomic E-state index is -0.00135. The van der Waals surface area contributed by atoms with Crippen LogP contribution >= 0.6 is 0 Å². The highest BCUT2D eigenvalue weighted by Gasteiger charge is 2.23. The highest BCUT2D eigenvalue weighted by Crippen LogP contribution is 2.22. The number of nitrogens with zero attached hydrogens (tertiary/aromatic N) is 1. The van der Waals surface area contributed by atoms with Crippen LogP contribution in [0.5, 0.6) is 0 Å². The summed E-state index contributed by atoms with van der Waals surface area (Å²) in [6, 6.07) is 0.458. The number of nitrogens with two attached hydrogens (primary N) is 1. The van der Waals surface area contributed by atoms with Crippen molar-refractivity contribution in [2.24, 2.45) is 11.7 Å². The Balaban J connectivity index is 2.40. The summed E-state index contributed by atoms with van der Waals surface area (Å²) in [5.41, 5.74) is 5.94. The highest BCUT2D eigenvalue weighted by molar-refractivity contribution is 5.76. The van der Waals surface area contributed by atoms with E-state index in [2.05, 4.69) is 13.8 Å². The van der Waals surface area contributed by atoms with Gasteiger partial charge in [-0.1, -0.05) is 33.1 Å². The summed E-state index contributed by atoms with van der Waals surface area (Å²) in [4.78, 5) is 13.9. The van der Waals surface area contributed by atoms with Crippen LogP contribution in [0, 0.1) is 5.92 Å². The van der Waals surface area contributed by atoms with Gasteiger partial charge in [0.1, 0.15) is 0 Å². The van der Waals surface area contributed by atoms with Crippen molar-refractivity contribution in [1.82, 2.24) is 4.90 Å². The molecule has 1 saturated carbocycles. The third-order valence-corrected chi connectivity index (χ3v) is 3.78. The van der Waals surface area contributed by atoms with E-state index in [0.29, 0.717) is 18.4 Å². The lowest BCUT2D eigenvalue weighted by Crippen LogP contribution is -2.42. The molecule has 1 atom stereocenters. The van der Waals surface area contributed by atoms with Gasteiger partial charge < -0.3 is 10.6 Å². The van der Waals surface area contributed by atoms with Crippen molar-refractivity contribution in [2.45, 2.75) is 64.5 Å². The molecule has 3 heteroatoms. The maximum absolute atomic E-state index is 12.0. The summed E-state index contributed by atoms with van der Waals surface area (Å²) in [5, 5.41) is 0. The first-order valence-corrected chi connectivity index (χ1v) is 6.53. The summed E-state index contributed by atoms with van der Waals surface area (Å²) < 4.78 is 0. The fourth-order valence-corrected chi connectivity index (χ4v) is 2.25. The van der Waals surface area contributed by atoms with E-state index in [4.69, 9.17) is 5.73 Å². The Hall–Kier alpha value is -0.570. The molecule has 0 aromatic heterocycles. The second kappa shape index (κ2) is 6.24. The van der Waals surface area contributed by atoms with E-state index in [1.807, 2.05) is 11.9 Å². The maximum atomic E-state index is 12.0. The van der Waals surface area contributed by atoms with Crippen LogP contribution in [0.4, 0.5) is 0 Å².